The molecule has 0 aromatic heterocycles. The van der Waals surface area contributed by atoms with Crippen molar-refractivity contribution in [1.29, 1.82) is 0 Å². The van der Waals surface area contributed by atoms with E-state index < -0.39 is 11.5 Å². The predicted molar refractivity (Wildman–Crippen MR) is 96.8 cm³/mol. The van der Waals surface area contributed by atoms with Crippen LogP contribution in [-0.2, 0) is 4.79 Å². The van der Waals surface area contributed by atoms with Crippen molar-refractivity contribution in [1.82, 2.24) is 5.32 Å². The Kier molecular flexibility index (Phi) is 5.69. The minimum absolute atomic E-state index is 0.195. The van der Waals surface area contributed by atoms with Crippen LogP contribution in [-0.4, -0.2) is 35.7 Å². The Labute approximate surface area is 153 Å². The number of benzene rings is 1. The quantitative estimate of drug-likeness (QED) is 0.810. The summed E-state index contributed by atoms with van der Waals surface area (Å²) in [7, 11) is 1.54. The van der Waals surface area contributed by atoms with E-state index in [-0.39, 0.29) is 12.0 Å². The first-order valence-electron chi connectivity index (χ1n) is 9.45. The molecule has 2 saturated carbocycles. The number of hydrogen-bond donors (Lipinski definition) is 2. The van der Waals surface area contributed by atoms with Crippen molar-refractivity contribution in [2.45, 2.75) is 69.4 Å². The number of carbonyl (C=O) groups is 2. The smallest absolute Gasteiger partial charge is 0.329 e. The fourth-order valence-corrected chi connectivity index (χ4v) is 3.93. The van der Waals surface area contributed by atoms with Crippen molar-refractivity contribution >= 4 is 11.9 Å². The first kappa shape index (κ1) is 18.5. The van der Waals surface area contributed by atoms with Crippen molar-refractivity contribution in [2.75, 3.05) is 7.11 Å². The van der Waals surface area contributed by atoms with E-state index in [2.05, 4.69) is 5.32 Å². The van der Waals surface area contributed by atoms with Gasteiger partial charge in [0, 0.05) is 5.56 Å². The third kappa shape index (κ3) is 3.94. The van der Waals surface area contributed by atoms with Crippen LogP contribution in [0.4, 0.5) is 0 Å². The Bertz CT molecular complexity index is 660. The molecule has 0 atom stereocenters. The molecule has 3 rings (SSSR count). The monoisotopic (exact) mass is 361 g/mol. The molecule has 6 nitrogen and oxygen atoms in total. The molecule has 0 aliphatic heterocycles. The number of aliphatic carboxylic acids is 1. The first-order chi connectivity index (χ1) is 12.5. The van der Waals surface area contributed by atoms with E-state index in [1.165, 1.54) is 12.8 Å². The van der Waals surface area contributed by atoms with E-state index in [0.29, 0.717) is 29.9 Å². The lowest BCUT2D eigenvalue weighted by atomic mass is 9.81. The van der Waals surface area contributed by atoms with Gasteiger partial charge in [-0.15, -0.1) is 0 Å². The molecule has 2 aliphatic rings. The molecule has 0 radical (unpaired) electrons. The van der Waals surface area contributed by atoms with Gasteiger partial charge in [0.05, 0.1) is 13.2 Å². The zero-order valence-corrected chi connectivity index (χ0v) is 15.3. The zero-order chi connectivity index (χ0) is 18.6. The van der Waals surface area contributed by atoms with Crippen LogP contribution in [0, 0.1) is 0 Å². The summed E-state index contributed by atoms with van der Waals surface area (Å²) in [6.07, 6.45) is 8.16. The van der Waals surface area contributed by atoms with E-state index in [0.717, 1.165) is 32.1 Å². The van der Waals surface area contributed by atoms with Crippen LogP contribution in [0.15, 0.2) is 18.2 Å². The molecule has 6 heteroatoms. The Balaban J connectivity index is 1.75. The minimum Gasteiger partial charge on any atom is -0.493 e. The molecular weight excluding hydrogens is 334 g/mol. The maximum absolute atomic E-state index is 12.7. The minimum atomic E-state index is -1.17. The molecule has 142 valence electrons. The summed E-state index contributed by atoms with van der Waals surface area (Å²) in [6.45, 7) is 0. The van der Waals surface area contributed by atoms with Crippen molar-refractivity contribution < 1.29 is 24.2 Å². The van der Waals surface area contributed by atoms with Crippen LogP contribution in [0.3, 0.4) is 0 Å². The van der Waals surface area contributed by atoms with Crippen LogP contribution >= 0.6 is 0 Å². The number of rotatable bonds is 6. The van der Waals surface area contributed by atoms with Gasteiger partial charge in [-0.2, -0.15) is 0 Å². The van der Waals surface area contributed by atoms with Crippen molar-refractivity contribution in [3.8, 4) is 11.5 Å². The molecule has 26 heavy (non-hydrogen) atoms. The van der Waals surface area contributed by atoms with Crippen LogP contribution < -0.4 is 14.8 Å². The van der Waals surface area contributed by atoms with E-state index in [4.69, 9.17) is 9.47 Å². The molecule has 0 heterocycles. The Morgan fingerprint density at radius 2 is 1.77 bits per heavy atom. The highest BCUT2D eigenvalue weighted by Crippen LogP contribution is 2.33. The van der Waals surface area contributed by atoms with E-state index in [9.17, 15) is 14.7 Å². The molecule has 0 bridgehead atoms. The van der Waals surface area contributed by atoms with Gasteiger partial charge >= 0.3 is 5.97 Å². The Morgan fingerprint density at radius 3 is 2.38 bits per heavy atom. The molecule has 0 spiro atoms. The highest BCUT2D eigenvalue weighted by Gasteiger charge is 2.41. The predicted octanol–water partition coefficient (Wildman–Crippen LogP) is 3.53. The normalized spacial score (nSPS) is 19.7. The molecule has 2 aliphatic carbocycles. The largest absolute Gasteiger partial charge is 0.493 e. The van der Waals surface area contributed by atoms with Gasteiger partial charge < -0.3 is 19.9 Å². The number of methoxy groups -OCH3 is 1. The van der Waals surface area contributed by atoms with Crippen LogP contribution in [0.25, 0.3) is 0 Å². The maximum Gasteiger partial charge on any atom is 0.329 e. The third-order valence-corrected chi connectivity index (χ3v) is 5.49. The number of nitrogens with one attached hydrogen (secondary N) is 1. The summed E-state index contributed by atoms with van der Waals surface area (Å²) in [6, 6.07) is 5.03. The van der Waals surface area contributed by atoms with Gasteiger partial charge in [-0.05, 0) is 56.7 Å². The summed E-state index contributed by atoms with van der Waals surface area (Å²) in [5, 5.41) is 12.4. The second-order valence-electron chi connectivity index (χ2n) is 7.29. The first-order valence-corrected chi connectivity index (χ1v) is 9.45. The van der Waals surface area contributed by atoms with Gasteiger partial charge in [-0.1, -0.05) is 19.3 Å². The van der Waals surface area contributed by atoms with Gasteiger partial charge in [0.15, 0.2) is 11.5 Å². The summed E-state index contributed by atoms with van der Waals surface area (Å²) in [5.74, 6) is -0.224. The summed E-state index contributed by atoms with van der Waals surface area (Å²) in [5.41, 5.74) is -0.784. The fraction of sp³-hybridized carbons (Fsp3) is 0.600. The molecule has 1 aromatic carbocycles. The molecule has 2 N–H and O–H groups in total. The van der Waals surface area contributed by atoms with Crippen molar-refractivity contribution in [2.24, 2.45) is 0 Å². The second-order valence-corrected chi connectivity index (χ2v) is 7.29. The van der Waals surface area contributed by atoms with Gasteiger partial charge in [-0.3, -0.25) is 4.79 Å². The average Bonchev–Trinajstić information content (AvgIpc) is 3.15. The van der Waals surface area contributed by atoms with Gasteiger partial charge in [0.1, 0.15) is 5.54 Å². The Hall–Kier alpha value is -2.24. The SMILES string of the molecule is COc1cc(C(=O)NC2(C(=O)O)CCCCC2)ccc1OC1CCCC1. The van der Waals surface area contributed by atoms with E-state index in [1.807, 2.05) is 0 Å². The molecule has 1 aromatic rings. The van der Waals surface area contributed by atoms with Gasteiger partial charge in [0.2, 0.25) is 0 Å². The molecule has 0 saturated heterocycles. The lowest BCUT2D eigenvalue weighted by molar-refractivity contribution is -0.145. The Morgan fingerprint density at radius 1 is 1.08 bits per heavy atom. The number of amides is 1. The van der Waals surface area contributed by atoms with Crippen LogP contribution in [0.5, 0.6) is 11.5 Å². The van der Waals surface area contributed by atoms with Crippen molar-refractivity contribution in [3.05, 3.63) is 23.8 Å². The molecule has 0 unspecified atom stereocenters. The van der Waals surface area contributed by atoms with Gasteiger partial charge in [-0.25, -0.2) is 4.79 Å². The topological polar surface area (TPSA) is 84.9 Å². The standard InChI is InChI=1S/C20H27NO5/c1-25-17-13-14(9-10-16(17)26-15-7-3-4-8-15)18(22)21-20(19(23)24)11-5-2-6-12-20/h9-10,13,15H,2-8,11-12H2,1H3,(H,21,22)(H,23,24). The number of hydrogen-bond acceptors (Lipinski definition) is 4. The van der Waals surface area contributed by atoms with Crippen LogP contribution in [0.1, 0.15) is 68.1 Å². The molecule has 2 fully saturated rings. The molecule has 1 amide bonds. The van der Waals surface area contributed by atoms with E-state index in [1.54, 1.807) is 25.3 Å². The zero-order valence-electron chi connectivity index (χ0n) is 15.3. The lowest BCUT2D eigenvalue weighted by Gasteiger charge is -2.34. The third-order valence-electron chi connectivity index (χ3n) is 5.49. The summed E-state index contributed by atoms with van der Waals surface area (Å²) >= 11 is 0. The summed E-state index contributed by atoms with van der Waals surface area (Å²) in [4.78, 5) is 24.4. The van der Waals surface area contributed by atoms with Crippen LogP contribution in [0.2, 0.25) is 0 Å². The highest BCUT2D eigenvalue weighted by molar-refractivity contribution is 5.98. The highest BCUT2D eigenvalue weighted by atomic mass is 16.5. The van der Waals surface area contributed by atoms with Crippen molar-refractivity contribution in [3.63, 3.8) is 0 Å². The second kappa shape index (κ2) is 7.98. The number of carboxylic acid groups (broad SMARTS) is 1. The summed E-state index contributed by atoms with van der Waals surface area (Å²) < 4.78 is 11.4. The fourth-order valence-electron chi connectivity index (χ4n) is 3.93. The lowest BCUT2D eigenvalue weighted by Crippen LogP contribution is -2.55. The average molecular weight is 361 g/mol. The number of ether oxygens (including phenoxy) is 2. The molecular formula is C20H27NO5. The number of carboxylic acids is 1. The maximum atomic E-state index is 12.7. The number of carbonyl (C=O) groups excluding carboxylic acids is 1. The van der Waals surface area contributed by atoms with Gasteiger partial charge in [0.25, 0.3) is 5.91 Å². The van der Waals surface area contributed by atoms with E-state index >= 15 is 0 Å².